The van der Waals surface area contributed by atoms with E-state index in [9.17, 15) is 29.1 Å². The van der Waals surface area contributed by atoms with Gasteiger partial charge in [-0.1, -0.05) is 20.3 Å². The molecule has 0 aliphatic rings. The van der Waals surface area contributed by atoms with Crippen LogP contribution in [0.15, 0.2) is 0 Å². The maximum Gasteiger partial charge on any atom is 0.326 e. The molecule has 0 fully saturated rings. The minimum atomic E-state index is -1.24. The van der Waals surface area contributed by atoms with Gasteiger partial charge in [0.2, 0.25) is 17.7 Å². The fourth-order valence-corrected chi connectivity index (χ4v) is 3.45. The van der Waals surface area contributed by atoms with Gasteiger partial charge in [-0.05, 0) is 64.0 Å². The van der Waals surface area contributed by atoms with Gasteiger partial charge in [0.25, 0.3) is 0 Å². The minimum absolute atomic E-state index is 0.0374. The van der Waals surface area contributed by atoms with Crippen LogP contribution >= 0.6 is 0 Å². The van der Waals surface area contributed by atoms with E-state index < -0.39 is 60.2 Å². The highest BCUT2D eigenvalue weighted by Gasteiger charge is 2.30. The van der Waals surface area contributed by atoms with Crippen LogP contribution < -0.4 is 33.2 Å². The average molecular weight is 517 g/mol. The van der Waals surface area contributed by atoms with E-state index in [0.717, 1.165) is 0 Å². The van der Waals surface area contributed by atoms with Gasteiger partial charge in [0, 0.05) is 6.42 Å². The Morgan fingerprint density at radius 1 is 0.694 bits per heavy atom. The van der Waals surface area contributed by atoms with Crippen LogP contribution in [-0.4, -0.2) is 77.1 Å². The van der Waals surface area contributed by atoms with Crippen molar-refractivity contribution < 1.29 is 34.2 Å². The predicted molar refractivity (Wildman–Crippen MR) is 134 cm³/mol. The molecule has 0 aliphatic heterocycles. The maximum atomic E-state index is 13.0. The molecule has 0 aromatic rings. The number of rotatable bonds is 20. The lowest BCUT2D eigenvalue weighted by atomic mass is 10.0. The van der Waals surface area contributed by atoms with Crippen LogP contribution in [0.4, 0.5) is 0 Å². The summed E-state index contributed by atoms with van der Waals surface area (Å²) in [6.45, 7) is 4.50. The summed E-state index contributed by atoms with van der Waals surface area (Å²) in [6, 6.07) is -4.38. The largest absolute Gasteiger partial charge is 0.481 e. The van der Waals surface area contributed by atoms with Crippen molar-refractivity contribution in [3.8, 4) is 0 Å². The first kappa shape index (κ1) is 33.2. The number of nitrogens with one attached hydrogen (secondary N) is 3. The molecule has 208 valence electrons. The van der Waals surface area contributed by atoms with Gasteiger partial charge in [0.05, 0.1) is 6.04 Å². The number of hydrogen-bond donors (Lipinski definition) is 8. The Labute approximate surface area is 212 Å². The molecule has 0 heterocycles. The lowest BCUT2D eigenvalue weighted by Gasteiger charge is -2.26. The molecule has 4 atom stereocenters. The van der Waals surface area contributed by atoms with E-state index in [-0.39, 0.29) is 25.2 Å². The molecule has 0 bridgehead atoms. The quantitative estimate of drug-likeness (QED) is 0.0919. The SMILES string of the molecule is CC(C)CC(NC(=O)C(CCC(=O)O)NC(=O)C(N)CCCCN)C(=O)NC(CCCCN)C(=O)O. The molecular formula is C23H44N6O7. The Balaban J connectivity index is 5.46. The van der Waals surface area contributed by atoms with Crippen molar-refractivity contribution in [1.82, 2.24) is 16.0 Å². The van der Waals surface area contributed by atoms with Crippen LogP contribution in [0.5, 0.6) is 0 Å². The van der Waals surface area contributed by atoms with Crippen molar-refractivity contribution in [1.29, 1.82) is 0 Å². The number of hydrogen-bond acceptors (Lipinski definition) is 8. The smallest absolute Gasteiger partial charge is 0.326 e. The van der Waals surface area contributed by atoms with Gasteiger partial charge in [0.1, 0.15) is 18.1 Å². The molecule has 0 saturated carbocycles. The molecule has 0 saturated heterocycles. The highest BCUT2D eigenvalue weighted by atomic mass is 16.4. The van der Waals surface area contributed by atoms with E-state index in [1.807, 2.05) is 13.8 Å². The van der Waals surface area contributed by atoms with Crippen LogP contribution in [0.3, 0.4) is 0 Å². The summed E-state index contributed by atoms with van der Waals surface area (Å²) in [4.78, 5) is 61.1. The van der Waals surface area contributed by atoms with Gasteiger partial charge >= 0.3 is 11.9 Å². The molecule has 36 heavy (non-hydrogen) atoms. The molecule has 13 heteroatoms. The zero-order valence-electron chi connectivity index (χ0n) is 21.3. The van der Waals surface area contributed by atoms with Crippen molar-refractivity contribution in [2.24, 2.45) is 23.1 Å². The lowest BCUT2D eigenvalue weighted by Crippen LogP contribution is -2.57. The van der Waals surface area contributed by atoms with Crippen LogP contribution in [-0.2, 0) is 24.0 Å². The van der Waals surface area contributed by atoms with Crippen LogP contribution in [0.25, 0.3) is 0 Å². The van der Waals surface area contributed by atoms with Crippen molar-refractivity contribution in [3.05, 3.63) is 0 Å². The second kappa shape index (κ2) is 18.5. The number of aliphatic carboxylic acids is 2. The first-order valence-electron chi connectivity index (χ1n) is 12.4. The highest BCUT2D eigenvalue weighted by Crippen LogP contribution is 2.09. The molecule has 0 rings (SSSR count). The minimum Gasteiger partial charge on any atom is -0.481 e. The summed E-state index contributed by atoms with van der Waals surface area (Å²) in [5, 5.41) is 26.0. The van der Waals surface area contributed by atoms with Gasteiger partial charge in [-0.25, -0.2) is 4.79 Å². The van der Waals surface area contributed by atoms with Crippen molar-refractivity contribution in [3.63, 3.8) is 0 Å². The van der Waals surface area contributed by atoms with E-state index >= 15 is 0 Å². The average Bonchev–Trinajstić information content (AvgIpc) is 2.79. The van der Waals surface area contributed by atoms with Gasteiger partial charge in [-0.15, -0.1) is 0 Å². The van der Waals surface area contributed by atoms with Gasteiger partial charge in [-0.3, -0.25) is 19.2 Å². The molecule has 0 radical (unpaired) electrons. The van der Waals surface area contributed by atoms with E-state index in [0.29, 0.717) is 45.2 Å². The Morgan fingerprint density at radius 3 is 1.69 bits per heavy atom. The van der Waals surface area contributed by atoms with Crippen LogP contribution in [0, 0.1) is 5.92 Å². The second-order valence-electron chi connectivity index (χ2n) is 9.26. The van der Waals surface area contributed by atoms with E-state index in [1.54, 1.807) is 0 Å². The molecule has 0 aromatic carbocycles. The molecule has 0 aromatic heterocycles. The molecule has 11 N–H and O–H groups in total. The molecule has 0 aliphatic carbocycles. The molecular weight excluding hydrogens is 472 g/mol. The summed E-state index contributed by atoms with van der Waals surface area (Å²) in [7, 11) is 0. The van der Waals surface area contributed by atoms with E-state index in [1.165, 1.54) is 0 Å². The maximum absolute atomic E-state index is 13.0. The zero-order chi connectivity index (χ0) is 27.7. The van der Waals surface area contributed by atoms with Crippen LogP contribution in [0.1, 0.15) is 71.6 Å². The Kier molecular flexibility index (Phi) is 17.1. The number of carboxylic acids is 2. The third kappa shape index (κ3) is 14.6. The first-order chi connectivity index (χ1) is 16.9. The zero-order valence-corrected chi connectivity index (χ0v) is 21.3. The van der Waals surface area contributed by atoms with Gasteiger partial charge < -0.3 is 43.4 Å². The monoisotopic (exact) mass is 516 g/mol. The van der Waals surface area contributed by atoms with Crippen molar-refractivity contribution in [2.45, 2.75) is 95.8 Å². The summed E-state index contributed by atoms with van der Waals surface area (Å²) in [6.07, 6.45) is 2.51. The fraction of sp³-hybridized carbons (Fsp3) is 0.783. The summed E-state index contributed by atoms with van der Waals surface area (Å²) < 4.78 is 0. The number of carbonyl (C=O) groups is 5. The lowest BCUT2D eigenvalue weighted by molar-refractivity contribution is -0.142. The molecule has 0 spiro atoms. The molecule has 13 nitrogen and oxygen atoms in total. The van der Waals surface area contributed by atoms with Crippen LogP contribution in [0.2, 0.25) is 0 Å². The molecule has 3 amide bonds. The number of carbonyl (C=O) groups excluding carboxylic acids is 3. The third-order valence-electron chi connectivity index (χ3n) is 5.49. The van der Waals surface area contributed by atoms with Crippen molar-refractivity contribution >= 4 is 29.7 Å². The Morgan fingerprint density at radius 2 is 1.19 bits per heavy atom. The number of nitrogens with two attached hydrogens (primary N) is 3. The molecule has 4 unspecified atom stereocenters. The first-order valence-corrected chi connectivity index (χ1v) is 12.4. The summed E-state index contributed by atoms with van der Waals surface area (Å²) in [5.74, 6) is -4.45. The summed E-state index contributed by atoms with van der Waals surface area (Å²) >= 11 is 0. The van der Waals surface area contributed by atoms with Gasteiger partial charge in [0.15, 0.2) is 0 Å². The van der Waals surface area contributed by atoms with Crippen molar-refractivity contribution in [2.75, 3.05) is 13.1 Å². The Hall–Kier alpha value is -2.77. The topological polar surface area (TPSA) is 240 Å². The normalized spacial score (nSPS) is 14.4. The second-order valence-corrected chi connectivity index (χ2v) is 9.26. The number of carboxylic acid groups (broad SMARTS) is 2. The van der Waals surface area contributed by atoms with E-state index in [4.69, 9.17) is 22.3 Å². The fourth-order valence-electron chi connectivity index (χ4n) is 3.45. The number of amides is 3. The van der Waals surface area contributed by atoms with Gasteiger partial charge in [-0.2, -0.15) is 0 Å². The third-order valence-corrected chi connectivity index (χ3v) is 5.49. The highest BCUT2D eigenvalue weighted by molar-refractivity contribution is 5.94. The summed E-state index contributed by atoms with van der Waals surface area (Å²) in [5.41, 5.74) is 16.8. The van der Waals surface area contributed by atoms with E-state index in [2.05, 4.69) is 16.0 Å². The standard InChI is InChI=1S/C23H44N6O7/c1-14(2)13-18(22(34)28-17(23(35)36)8-4-6-12-25)29-21(33)16(9-10-19(30)31)27-20(32)15(26)7-3-5-11-24/h14-18H,3-13,24-26H2,1-2H3,(H,27,32)(H,28,34)(H,29,33)(H,30,31)(H,35,36). The Bertz CT molecular complexity index is 719. The number of unbranched alkanes of at least 4 members (excludes halogenated alkanes) is 2. The predicted octanol–water partition coefficient (Wildman–Crippen LogP) is -0.978.